The van der Waals surface area contributed by atoms with Crippen LogP contribution in [0.3, 0.4) is 0 Å². The first-order chi connectivity index (χ1) is 8.74. The highest BCUT2D eigenvalue weighted by molar-refractivity contribution is 6.30. The lowest BCUT2D eigenvalue weighted by Gasteiger charge is -2.28. The van der Waals surface area contributed by atoms with E-state index in [0.717, 1.165) is 30.6 Å². The van der Waals surface area contributed by atoms with Crippen LogP contribution in [0.4, 0.5) is 0 Å². The summed E-state index contributed by atoms with van der Waals surface area (Å²) in [5.74, 6) is 1.47. The van der Waals surface area contributed by atoms with Crippen LogP contribution >= 0.6 is 11.6 Å². The molecule has 18 heavy (non-hydrogen) atoms. The zero-order valence-corrected chi connectivity index (χ0v) is 11.4. The SMILES string of the molecule is COc1cc(Cl)cc(CCCO)c1OC1CCC1. The van der Waals surface area contributed by atoms with Crippen molar-refractivity contribution < 1.29 is 14.6 Å². The Kier molecular flexibility index (Phi) is 4.72. The first kappa shape index (κ1) is 13.5. The smallest absolute Gasteiger partial charge is 0.164 e. The molecule has 1 aromatic rings. The molecule has 1 N–H and O–H groups in total. The molecule has 1 aromatic carbocycles. The Labute approximate surface area is 113 Å². The third-order valence-electron chi connectivity index (χ3n) is 3.26. The Bertz CT molecular complexity index is 402. The van der Waals surface area contributed by atoms with Crippen molar-refractivity contribution in [1.82, 2.24) is 0 Å². The van der Waals surface area contributed by atoms with Crippen LogP contribution < -0.4 is 9.47 Å². The van der Waals surface area contributed by atoms with Gasteiger partial charge in [0, 0.05) is 17.7 Å². The first-order valence-corrected chi connectivity index (χ1v) is 6.76. The third-order valence-corrected chi connectivity index (χ3v) is 3.48. The van der Waals surface area contributed by atoms with Crippen LogP contribution in [0.5, 0.6) is 11.5 Å². The molecule has 0 spiro atoms. The highest BCUT2D eigenvalue weighted by Crippen LogP contribution is 2.38. The molecule has 3 nitrogen and oxygen atoms in total. The maximum absolute atomic E-state index is 8.95. The molecular weight excluding hydrogens is 252 g/mol. The Hall–Kier alpha value is -0.930. The lowest BCUT2D eigenvalue weighted by Crippen LogP contribution is -2.25. The number of benzene rings is 1. The van der Waals surface area contributed by atoms with E-state index in [9.17, 15) is 0 Å². The van der Waals surface area contributed by atoms with Gasteiger partial charge in [0.05, 0.1) is 13.2 Å². The maximum atomic E-state index is 8.95. The lowest BCUT2D eigenvalue weighted by molar-refractivity contribution is 0.114. The summed E-state index contributed by atoms with van der Waals surface area (Å²) >= 11 is 6.07. The highest BCUT2D eigenvalue weighted by atomic mass is 35.5. The molecule has 0 heterocycles. The number of aliphatic hydroxyl groups excluding tert-OH is 1. The van der Waals surface area contributed by atoms with E-state index in [-0.39, 0.29) is 6.61 Å². The quantitative estimate of drug-likeness (QED) is 0.863. The maximum Gasteiger partial charge on any atom is 0.164 e. The predicted octanol–water partition coefficient (Wildman–Crippen LogP) is 3.20. The molecule has 1 aliphatic carbocycles. The number of methoxy groups -OCH3 is 1. The monoisotopic (exact) mass is 270 g/mol. The van der Waals surface area contributed by atoms with E-state index in [1.54, 1.807) is 13.2 Å². The van der Waals surface area contributed by atoms with E-state index in [0.29, 0.717) is 23.3 Å². The topological polar surface area (TPSA) is 38.7 Å². The van der Waals surface area contributed by atoms with Gasteiger partial charge >= 0.3 is 0 Å². The van der Waals surface area contributed by atoms with Gasteiger partial charge in [-0.1, -0.05) is 11.6 Å². The van der Waals surface area contributed by atoms with Crippen molar-refractivity contribution in [3.63, 3.8) is 0 Å². The standard InChI is InChI=1S/C14H19ClO3/c1-17-13-9-11(15)8-10(4-3-7-16)14(13)18-12-5-2-6-12/h8-9,12,16H,2-7H2,1H3. The van der Waals surface area contributed by atoms with E-state index in [1.807, 2.05) is 6.07 Å². The first-order valence-electron chi connectivity index (χ1n) is 6.38. The minimum Gasteiger partial charge on any atom is -0.493 e. The van der Waals surface area contributed by atoms with Gasteiger partial charge in [-0.3, -0.25) is 0 Å². The van der Waals surface area contributed by atoms with Gasteiger partial charge in [-0.2, -0.15) is 0 Å². The Morgan fingerprint density at radius 3 is 2.72 bits per heavy atom. The third kappa shape index (κ3) is 3.09. The molecule has 0 unspecified atom stereocenters. The van der Waals surface area contributed by atoms with Crippen molar-refractivity contribution in [2.45, 2.75) is 38.2 Å². The summed E-state index contributed by atoms with van der Waals surface area (Å²) in [6.07, 6.45) is 5.18. The number of aliphatic hydroxyl groups is 1. The van der Waals surface area contributed by atoms with E-state index in [4.69, 9.17) is 26.2 Å². The van der Waals surface area contributed by atoms with Crippen LogP contribution in [0.15, 0.2) is 12.1 Å². The summed E-state index contributed by atoms with van der Waals surface area (Å²) in [6.45, 7) is 0.164. The summed E-state index contributed by atoms with van der Waals surface area (Å²) in [6, 6.07) is 3.67. The average molecular weight is 271 g/mol. The van der Waals surface area contributed by atoms with Gasteiger partial charge in [0.25, 0.3) is 0 Å². The van der Waals surface area contributed by atoms with Gasteiger partial charge in [0.1, 0.15) is 0 Å². The van der Waals surface area contributed by atoms with Crippen molar-refractivity contribution in [2.75, 3.05) is 13.7 Å². The molecule has 100 valence electrons. The largest absolute Gasteiger partial charge is 0.493 e. The number of ether oxygens (including phenoxy) is 2. The van der Waals surface area contributed by atoms with E-state index in [1.165, 1.54) is 6.42 Å². The Morgan fingerprint density at radius 1 is 1.39 bits per heavy atom. The summed E-state index contributed by atoms with van der Waals surface area (Å²) < 4.78 is 11.3. The molecule has 1 aliphatic rings. The van der Waals surface area contributed by atoms with Gasteiger partial charge in [-0.15, -0.1) is 0 Å². The molecule has 0 saturated heterocycles. The normalized spacial score (nSPS) is 15.3. The van der Waals surface area contributed by atoms with Crippen LogP contribution in [0.25, 0.3) is 0 Å². The second-order valence-corrected chi connectivity index (χ2v) is 5.03. The van der Waals surface area contributed by atoms with E-state index >= 15 is 0 Å². The zero-order valence-electron chi connectivity index (χ0n) is 10.6. The van der Waals surface area contributed by atoms with Crippen LogP contribution in [-0.2, 0) is 6.42 Å². The fraction of sp³-hybridized carbons (Fsp3) is 0.571. The van der Waals surface area contributed by atoms with Crippen molar-refractivity contribution in [3.8, 4) is 11.5 Å². The number of hydrogen-bond donors (Lipinski definition) is 1. The van der Waals surface area contributed by atoms with Gasteiger partial charge in [0.2, 0.25) is 0 Å². The molecule has 0 aromatic heterocycles. The van der Waals surface area contributed by atoms with E-state index < -0.39 is 0 Å². The van der Waals surface area contributed by atoms with Crippen molar-refractivity contribution in [3.05, 3.63) is 22.7 Å². The van der Waals surface area contributed by atoms with Crippen LogP contribution in [0, 0.1) is 0 Å². The minimum atomic E-state index is 0.164. The number of aryl methyl sites for hydroxylation is 1. The summed E-state index contributed by atoms with van der Waals surface area (Å²) in [5, 5.41) is 9.59. The van der Waals surface area contributed by atoms with Crippen LogP contribution in [0.2, 0.25) is 5.02 Å². The number of hydrogen-bond acceptors (Lipinski definition) is 3. The van der Waals surface area contributed by atoms with Crippen molar-refractivity contribution in [1.29, 1.82) is 0 Å². The molecular formula is C14H19ClO3. The number of rotatable bonds is 6. The van der Waals surface area contributed by atoms with E-state index in [2.05, 4.69) is 0 Å². The molecule has 1 fully saturated rings. The van der Waals surface area contributed by atoms with Gasteiger partial charge in [0.15, 0.2) is 11.5 Å². The molecule has 0 atom stereocenters. The zero-order chi connectivity index (χ0) is 13.0. The second-order valence-electron chi connectivity index (χ2n) is 4.59. The fourth-order valence-corrected chi connectivity index (χ4v) is 2.25. The minimum absolute atomic E-state index is 0.164. The molecule has 1 saturated carbocycles. The molecule has 4 heteroatoms. The van der Waals surface area contributed by atoms with Crippen molar-refractivity contribution >= 4 is 11.6 Å². The lowest BCUT2D eigenvalue weighted by atomic mass is 9.96. The highest BCUT2D eigenvalue weighted by Gasteiger charge is 2.22. The summed E-state index contributed by atoms with van der Waals surface area (Å²) in [4.78, 5) is 0. The van der Waals surface area contributed by atoms with Gasteiger partial charge in [-0.05, 0) is 43.7 Å². The average Bonchev–Trinajstić information content (AvgIpc) is 2.31. The molecule has 2 rings (SSSR count). The van der Waals surface area contributed by atoms with Crippen LogP contribution in [-0.4, -0.2) is 24.9 Å². The van der Waals surface area contributed by atoms with Crippen molar-refractivity contribution in [2.24, 2.45) is 0 Å². The number of halogens is 1. The predicted molar refractivity (Wildman–Crippen MR) is 71.7 cm³/mol. The Morgan fingerprint density at radius 2 is 2.17 bits per heavy atom. The fourth-order valence-electron chi connectivity index (χ4n) is 2.02. The van der Waals surface area contributed by atoms with Crippen LogP contribution in [0.1, 0.15) is 31.2 Å². The molecule has 0 amide bonds. The van der Waals surface area contributed by atoms with Gasteiger partial charge in [-0.25, -0.2) is 0 Å². The molecule has 0 aliphatic heterocycles. The Balaban J connectivity index is 2.24. The van der Waals surface area contributed by atoms with Gasteiger partial charge < -0.3 is 14.6 Å². The molecule has 0 radical (unpaired) electrons. The second kappa shape index (κ2) is 6.30. The molecule has 0 bridgehead atoms. The summed E-state index contributed by atoms with van der Waals surface area (Å²) in [5.41, 5.74) is 1.01. The summed E-state index contributed by atoms with van der Waals surface area (Å²) in [7, 11) is 1.62.